The van der Waals surface area contributed by atoms with Crippen LogP contribution in [-0.4, -0.2) is 16.0 Å². The number of nitrogen functional groups attached to an aromatic ring is 1. The largest absolute Gasteiger partial charge is 0.381 e. The summed E-state index contributed by atoms with van der Waals surface area (Å²) in [6, 6.07) is 0.204. The van der Waals surface area contributed by atoms with E-state index < -0.39 is 5.82 Å². The summed E-state index contributed by atoms with van der Waals surface area (Å²) in [5.74, 6) is -0.374. The molecule has 0 amide bonds. The lowest BCUT2D eigenvalue weighted by molar-refractivity contribution is 0.619. The molecule has 0 aliphatic rings. The van der Waals surface area contributed by atoms with Crippen molar-refractivity contribution < 1.29 is 4.39 Å². The SMILES string of the molecule is CC(C)Nc1ncc(F)c(N)n1. The van der Waals surface area contributed by atoms with E-state index in [-0.39, 0.29) is 11.9 Å². The molecule has 0 aromatic carbocycles. The van der Waals surface area contributed by atoms with E-state index in [4.69, 9.17) is 5.73 Å². The second-order valence-corrected chi connectivity index (χ2v) is 2.73. The van der Waals surface area contributed by atoms with Crippen LogP contribution in [0.5, 0.6) is 0 Å². The van der Waals surface area contributed by atoms with Crippen LogP contribution in [0.2, 0.25) is 0 Å². The minimum atomic E-state index is -0.593. The highest BCUT2D eigenvalue weighted by Gasteiger charge is 2.02. The first-order valence-electron chi connectivity index (χ1n) is 3.64. The molecule has 0 saturated heterocycles. The quantitative estimate of drug-likeness (QED) is 0.695. The summed E-state index contributed by atoms with van der Waals surface area (Å²) in [4.78, 5) is 7.40. The van der Waals surface area contributed by atoms with Crippen LogP contribution in [0.1, 0.15) is 13.8 Å². The fourth-order valence-electron chi connectivity index (χ4n) is 0.708. The summed E-state index contributed by atoms with van der Waals surface area (Å²) in [6.07, 6.45) is 1.05. The Labute approximate surface area is 70.0 Å². The van der Waals surface area contributed by atoms with E-state index in [1.807, 2.05) is 13.8 Å². The van der Waals surface area contributed by atoms with Gasteiger partial charge in [-0.3, -0.25) is 0 Å². The number of nitrogens with two attached hydrogens (primary N) is 1. The Kier molecular flexibility index (Phi) is 2.42. The second kappa shape index (κ2) is 3.34. The van der Waals surface area contributed by atoms with Gasteiger partial charge in [0, 0.05) is 6.04 Å². The third-order valence-electron chi connectivity index (χ3n) is 1.19. The monoisotopic (exact) mass is 170 g/mol. The fourth-order valence-corrected chi connectivity index (χ4v) is 0.708. The topological polar surface area (TPSA) is 63.8 Å². The molecule has 0 aliphatic carbocycles. The molecule has 0 fully saturated rings. The molecule has 1 aromatic heterocycles. The molecule has 1 heterocycles. The van der Waals surface area contributed by atoms with E-state index in [2.05, 4.69) is 15.3 Å². The maximum absolute atomic E-state index is 12.6. The first kappa shape index (κ1) is 8.70. The van der Waals surface area contributed by atoms with Crippen LogP contribution in [0.25, 0.3) is 0 Å². The Morgan fingerprint density at radius 2 is 2.25 bits per heavy atom. The van der Waals surface area contributed by atoms with Crippen LogP contribution in [0.4, 0.5) is 16.2 Å². The Bertz CT molecular complexity index is 274. The summed E-state index contributed by atoms with van der Waals surface area (Å²) in [5, 5.41) is 2.90. The summed E-state index contributed by atoms with van der Waals surface area (Å²) in [6.45, 7) is 3.87. The Hall–Kier alpha value is -1.39. The van der Waals surface area contributed by atoms with Crippen molar-refractivity contribution in [3.63, 3.8) is 0 Å². The van der Waals surface area contributed by atoms with Gasteiger partial charge in [-0.05, 0) is 13.8 Å². The third kappa shape index (κ3) is 2.05. The zero-order valence-corrected chi connectivity index (χ0v) is 7.00. The maximum Gasteiger partial charge on any atom is 0.224 e. The van der Waals surface area contributed by atoms with Gasteiger partial charge in [0.25, 0.3) is 0 Å². The Morgan fingerprint density at radius 1 is 1.58 bits per heavy atom. The minimum Gasteiger partial charge on any atom is -0.381 e. The van der Waals surface area contributed by atoms with Gasteiger partial charge >= 0.3 is 0 Å². The van der Waals surface area contributed by atoms with Crippen molar-refractivity contribution in [2.75, 3.05) is 11.1 Å². The molecule has 66 valence electrons. The van der Waals surface area contributed by atoms with Crippen molar-refractivity contribution in [3.8, 4) is 0 Å². The third-order valence-corrected chi connectivity index (χ3v) is 1.19. The van der Waals surface area contributed by atoms with Crippen molar-refractivity contribution in [2.45, 2.75) is 19.9 Å². The predicted molar refractivity (Wildman–Crippen MR) is 45.2 cm³/mol. The number of aromatic nitrogens is 2. The average molecular weight is 170 g/mol. The van der Waals surface area contributed by atoms with Crippen LogP contribution in [0.15, 0.2) is 6.20 Å². The number of halogens is 1. The van der Waals surface area contributed by atoms with Crippen LogP contribution in [0, 0.1) is 5.82 Å². The molecule has 3 N–H and O–H groups in total. The van der Waals surface area contributed by atoms with Crippen molar-refractivity contribution in [1.29, 1.82) is 0 Å². The van der Waals surface area contributed by atoms with Crippen molar-refractivity contribution in [1.82, 2.24) is 9.97 Å². The van der Waals surface area contributed by atoms with Crippen molar-refractivity contribution in [3.05, 3.63) is 12.0 Å². The van der Waals surface area contributed by atoms with Gasteiger partial charge in [-0.25, -0.2) is 9.37 Å². The number of rotatable bonds is 2. The number of anilines is 2. The van der Waals surface area contributed by atoms with Gasteiger partial charge in [0.1, 0.15) is 0 Å². The van der Waals surface area contributed by atoms with Gasteiger partial charge in [0.2, 0.25) is 5.95 Å². The highest BCUT2D eigenvalue weighted by molar-refractivity contribution is 5.36. The van der Waals surface area contributed by atoms with Gasteiger partial charge in [-0.2, -0.15) is 4.98 Å². The Morgan fingerprint density at radius 3 is 2.75 bits per heavy atom. The number of nitrogens with zero attached hydrogens (tertiary/aromatic N) is 2. The summed E-state index contributed by atoms with van der Waals surface area (Å²) < 4.78 is 12.6. The Balaban J connectivity index is 2.82. The molecule has 0 spiro atoms. The van der Waals surface area contributed by atoms with Gasteiger partial charge < -0.3 is 11.1 Å². The molecule has 0 atom stereocenters. The van der Waals surface area contributed by atoms with Gasteiger partial charge in [0.05, 0.1) is 6.20 Å². The first-order valence-corrected chi connectivity index (χ1v) is 3.64. The molecule has 1 aromatic rings. The van der Waals surface area contributed by atoms with Crippen molar-refractivity contribution in [2.24, 2.45) is 0 Å². The molecule has 0 unspecified atom stereocenters. The summed E-state index contributed by atoms with van der Waals surface area (Å²) in [5.41, 5.74) is 5.23. The first-order chi connectivity index (χ1) is 5.59. The lowest BCUT2D eigenvalue weighted by Gasteiger charge is -2.07. The molecule has 0 bridgehead atoms. The fraction of sp³-hybridized carbons (Fsp3) is 0.429. The highest BCUT2D eigenvalue weighted by atomic mass is 19.1. The number of hydrogen-bond donors (Lipinski definition) is 2. The van der Waals surface area contributed by atoms with Gasteiger partial charge in [-0.15, -0.1) is 0 Å². The smallest absolute Gasteiger partial charge is 0.224 e. The molecule has 0 radical (unpaired) electrons. The van der Waals surface area contributed by atoms with Crippen LogP contribution >= 0.6 is 0 Å². The van der Waals surface area contributed by atoms with E-state index in [0.29, 0.717) is 5.95 Å². The molecular weight excluding hydrogens is 159 g/mol. The zero-order valence-electron chi connectivity index (χ0n) is 7.00. The molecule has 12 heavy (non-hydrogen) atoms. The number of hydrogen-bond acceptors (Lipinski definition) is 4. The molecule has 1 rings (SSSR count). The normalized spacial score (nSPS) is 10.3. The molecule has 0 saturated carbocycles. The van der Waals surface area contributed by atoms with Crippen LogP contribution in [-0.2, 0) is 0 Å². The lowest BCUT2D eigenvalue weighted by atomic mass is 10.4. The average Bonchev–Trinajstić information content (AvgIpc) is 1.96. The summed E-state index contributed by atoms with van der Waals surface area (Å²) >= 11 is 0. The lowest BCUT2D eigenvalue weighted by Crippen LogP contribution is -2.13. The van der Waals surface area contributed by atoms with E-state index in [0.717, 1.165) is 6.20 Å². The minimum absolute atomic E-state index is 0.131. The zero-order chi connectivity index (χ0) is 9.14. The van der Waals surface area contributed by atoms with E-state index in [1.165, 1.54) is 0 Å². The van der Waals surface area contributed by atoms with E-state index >= 15 is 0 Å². The van der Waals surface area contributed by atoms with Gasteiger partial charge in [-0.1, -0.05) is 0 Å². The summed E-state index contributed by atoms with van der Waals surface area (Å²) in [7, 11) is 0. The second-order valence-electron chi connectivity index (χ2n) is 2.73. The molecular formula is C7H11FN4. The molecule has 0 aliphatic heterocycles. The standard InChI is InChI=1S/C7H11FN4/c1-4(2)11-7-10-3-5(8)6(9)12-7/h3-4H,1-2H3,(H3,9,10,11,12). The maximum atomic E-state index is 12.6. The van der Waals surface area contributed by atoms with Crippen molar-refractivity contribution >= 4 is 11.8 Å². The predicted octanol–water partition coefficient (Wildman–Crippen LogP) is 1.02. The molecule has 5 heteroatoms. The number of nitrogens with one attached hydrogen (secondary N) is 1. The van der Waals surface area contributed by atoms with Gasteiger partial charge in [0.15, 0.2) is 11.6 Å². The van der Waals surface area contributed by atoms with Crippen LogP contribution in [0.3, 0.4) is 0 Å². The van der Waals surface area contributed by atoms with E-state index in [9.17, 15) is 4.39 Å². The van der Waals surface area contributed by atoms with E-state index in [1.54, 1.807) is 0 Å². The highest BCUT2D eigenvalue weighted by Crippen LogP contribution is 2.07. The van der Waals surface area contributed by atoms with Crippen LogP contribution < -0.4 is 11.1 Å². The molecule has 4 nitrogen and oxygen atoms in total.